The number of non-ortho nitro benzene ring substituents is 1. The van der Waals surface area contributed by atoms with Crippen molar-refractivity contribution >= 4 is 38.6 Å². The zero-order chi connectivity index (χ0) is 18.9. The Labute approximate surface area is 156 Å². The van der Waals surface area contributed by atoms with Crippen LogP contribution in [0.2, 0.25) is 5.02 Å². The Morgan fingerprint density at radius 1 is 1.12 bits per heavy atom. The summed E-state index contributed by atoms with van der Waals surface area (Å²) >= 11 is 5.85. The van der Waals surface area contributed by atoms with Crippen LogP contribution in [0.25, 0.3) is 0 Å². The number of halogens is 1. The number of nitro benzene ring substituents is 1. The average Bonchev–Trinajstić information content (AvgIpc) is 2.61. The van der Waals surface area contributed by atoms with Crippen LogP contribution in [-0.2, 0) is 9.84 Å². The van der Waals surface area contributed by atoms with E-state index in [1.165, 1.54) is 12.1 Å². The molecule has 1 aliphatic rings. The van der Waals surface area contributed by atoms with Crippen molar-refractivity contribution in [2.24, 2.45) is 0 Å². The van der Waals surface area contributed by atoms with Gasteiger partial charge in [-0.3, -0.25) is 10.1 Å². The van der Waals surface area contributed by atoms with Gasteiger partial charge < -0.3 is 9.80 Å². The standard InChI is InChI=1S/C16H17ClN4O4S/c1-26(24,25)15-10-13(21(22)23)3-4-14(15)19-6-8-20(9-7-19)16-5-2-12(17)11-18-16/h2-5,10-11H,6-9H2,1H3. The molecule has 0 radical (unpaired) electrons. The number of nitrogens with zero attached hydrogens (tertiary/aromatic N) is 4. The summed E-state index contributed by atoms with van der Waals surface area (Å²) in [6, 6.07) is 7.57. The van der Waals surface area contributed by atoms with Crippen molar-refractivity contribution in [3.05, 3.63) is 51.7 Å². The fraction of sp³-hybridized carbons (Fsp3) is 0.312. The van der Waals surface area contributed by atoms with Crippen molar-refractivity contribution in [2.75, 3.05) is 42.2 Å². The SMILES string of the molecule is CS(=O)(=O)c1cc([N+](=O)[O-])ccc1N1CCN(c2ccc(Cl)cn2)CC1. The molecule has 3 rings (SSSR count). The van der Waals surface area contributed by atoms with Crippen molar-refractivity contribution in [3.63, 3.8) is 0 Å². The molecule has 0 aliphatic carbocycles. The average molecular weight is 397 g/mol. The zero-order valence-corrected chi connectivity index (χ0v) is 15.6. The minimum absolute atomic E-state index is 0.0234. The molecule has 10 heteroatoms. The maximum absolute atomic E-state index is 12.1. The first-order valence-corrected chi connectivity index (χ1v) is 10.1. The highest BCUT2D eigenvalue weighted by molar-refractivity contribution is 7.90. The van der Waals surface area contributed by atoms with Crippen molar-refractivity contribution in [1.82, 2.24) is 4.98 Å². The van der Waals surface area contributed by atoms with Gasteiger partial charge >= 0.3 is 0 Å². The number of rotatable bonds is 4. The first-order valence-electron chi connectivity index (χ1n) is 7.85. The largest absolute Gasteiger partial charge is 0.367 e. The molecule has 0 N–H and O–H groups in total. The van der Waals surface area contributed by atoms with Crippen LogP contribution in [0.3, 0.4) is 0 Å². The second kappa shape index (κ2) is 7.08. The van der Waals surface area contributed by atoms with E-state index in [-0.39, 0.29) is 10.6 Å². The molecule has 0 spiro atoms. The van der Waals surface area contributed by atoms with Gasteiger partial charge in [0.25, 0.3) is 5.69 Å². The first kappa shape index (κ1) is 18.4. The first-order chi connectivity index (χ1) is 12.3. The minimum Gasteiger partial charge on any atom is -0.367 e. The van der Waals surface area contributed by atoms with Gasteiger partial charge in [0.05, 0.1) is 20.5 Å². The Morgan fingerprint density at radius 2 is 1.77 bits per heavy atom. The van der Waals surface area contributed by atoms with Crippen LogP contribution in [0.4, 0.5) is 17.2 Å². The Balaban J connectivity index is 1.83. The summed E-state index contributed by atoms with van der Waals surface area (Å²) in [6.45, 7) is 2.44. The summed E-state index contributed by atoms with van der Waals surface area (Å²) in [5.41, 5.74) is 0.250. The van der Waals surface area contributed by atoms with Gasteiger partial charge in [0.15, 0.2) is 9.84 Å². The molecule has 0 atom stereocenters. The quantitative estimate of drug-likeness (QED) is 0.578. The highest BCUT2D eigenvalue weighted by Crippen LogP contribution is 2.30. The van der Waals surface area contributed by atoms with Gasteiger partial charge in [0, 0.05) is 50.8 Å². The summed E-state index contributed by atoms with van der Waals surface area (Å²) < 4.78 is 24.2. The molecule has 1 aromatic carbocycles. The molecule has 1 aromatic heterocycles. The fourth-order valence-corrected chi connectivity index (χ4v) is 3.93. The van der Waals surface area contributed by atoms with Gasteiger partial charge in [0.2, 0.25) is 0 Å². The van der Waals surface area contributed by atoms with Gasteiger partial charge in [-0.05, 0) is 18.2 Å². The Bertz CT molecular complexity index is 926. The van der Waals surface area contributed by atoms with Gasteiger partial charge in [0.1, 0.15) is 5.82 Å². The maximum Gasteiger partial charge on any atom is 0.270 e. The second-order valence-corrected chi connectivity index (χ2v) is 8.41. The summed E-state index contributed by atoms with van der Waals surface area (Å²) in [7, 11) is -3.60. The van der Waals surface area contributed by atoms with Crippen molar-refractivity contribution < 1.29 is 13.3 Å². The maximum atomic E-state index is 12.1. The smallest absolute Gasteiger partial charge is 0.270 e. The van der Waals surface area contributed by atoms with E-state index < -0.39 is 14.8 Å². The normalized spacial score (nSPS) is 15.2. The fourth-order valence-electron chi connectivity index (χ4n) is 2.91. The highest BCUT2D eigenvalue weighted by atomic mass is 35.5. The van der Waals surface area contributed by atoms with E-state index in [1.54, 1.807) is 12.3 Å². The summed E-state index contributed by atoms with van der Waals surface area (Å²) in [5.74, 6) is 0.807. The third-order valence-corrected chi connectivity index (χ3v) is 5.56. The van der Waals surface area contributed by atoms with Crippen LogP contribution in [0.15, 0.2) is 41.4 Å². The Kier molecular flexibility index (Phi) is 5.01. The lowest BCUT2D eigenvalue weighted by molar-refractivity contribution is -0.385. The molecule has 1 aliphatic heterocycles. The zero-order valence-electron chi connectivity index (χ0n) is 14.0. The van der Waals surface area contributed by atoms with Crippen LogP contribution in [0.5, 0.6) is 0 Å². The molecule has 0 unspecified atom stereocenters. The number of hydrogen-bond acceptors (Lipinski definition) is 7. The number of piperazine rings is 1. The van der Waals surface area contributed by atoms with E-state index in [1.807, 2.05) is 11.0 Å². The van der Waals surface area contributed by atoms with Gasteiger partial charge in [-0.1, -0.05) is 11.6 Å². The summed E-state index contributed by atoms with van der Waals surface area (Å²) in [5, 5.41) is 11.5. The molecule has 2 heterocycles. The van der Waals surface area contributed by atoms with E-state index in [0.717, 1.165) is 18.1 Å². The molecule has 26 heavy (non-hydrogen) atoms. The van der Waals surface area contributed by atoms with Crippen LogP contribution in [0.1, 0.15) is 0 Å². The van der Waals surface area contributed by atoms with Crippen molar-refractivity contribution in [3.8, 4) is 0 Å². The van der Waals surface area contributed by atoms with Gasteiger partial charge in [-0.25, -0.2) is 13.4 Å². The third-order valence-electron chi connectivity index (χ3n) is 4.21. The predicted octanol–water partition coefficient (Wildman–Crippen LogP) is 2.37. The monoisotopic (exact) mass is 396 g/mol. The van der Waals surface area contributed by atoms with Crippen molar-refractivity contribution in [2.45, 2.75) is 4.90 Å². The van der Waals surface area contributed by atoms with Crippen LogP contribution >= 0.6 is 11.6 Å². The number of hydrogen-bond donors (Lipinski definition) is 0. The number of aromatic nitrogens is 1. The van der Waals surface area contributed by atoms with Crippen LogP contribution in [0, 0.1) is 10.1 Å². The van der Waals surface area contributed by atoms with E-state index in [0.29, 0.717) is 36.9 Å². The van der Waals surface area contributed by atoms with Gasteiger partial charge in [-0.2, -0.15) is 0 Å². The topological polar surface area (TPSA) is 96.6 Å². The lowest BCUT2D eigenvalue weighted by Crippen LogP contribution is -2.47. The molecule has 0 bridgehead atoms. The highest BCUT2D eigenvalue weighted by Gasteiger charge is 2.25. The molecular weight excluding hydrogens is 380 g/mol. The molecule has 1 fully saturated rings. The van der Waals surface area contributed by atoms with E-state index in [2.05, 4.69) is 9.88 Å². The molecule has 1 saturated heterocycles. The predicted molar refractivity (Wildman–Crippen MR) is 99.9 cm³/mol. The van der Waals surface area contributed by atoms with Crippen LogP contribution in [-0.4, -0.2) is 50.8 Å². The number of sulfone groups is 1. The molecule has 2 aromatic rings. The minimum atomic E-state index is -3.60. The summed E-state index contributed by atoms with van der Waals surface area (Å²) in [4.78, 5) is 18.6. The molecular formula is C16H17ClN4O4S. The van der Waals surface area contributed by atoms with E-state index >= 15 is 0 Å². The third kappa shape index (κ3) is 3.88. The molecule has 0 amide bonds. The van der Waals surface area contributed by atoms with E-state index in [4.69, 9.17) is 11.6 Å². The Morgan fingerprint density at radius 3 is 2.31 bits per heavy atom. The van der Waals surface area contributed by atoms with E-state index in [9.17, 15) is 18.5 Å². The lowest BCUT2D eigenvalue weighted by atomic mass is 10.2. The number of pyridine rings is 1. The number of anilines is 2. The molecule has 0 saturated carbocycles. The van der Waals surface area contributed by atoms with Crippen LogP contribution < -0.4 is 9.80 Å². The summed E-state index contributed by atoms with van der Waals surface area (Å²) in [6.07, 6.45) is 2.64. The molecule has 138 valence electrons. The van der Waals surface area contributed by atoms with Gasteiger partial charge in [-0.15, -0.1) is 0 Å². The van der Waals surface area contributed by atoms with Crippen molar-refractivity contribution in [1.29, 1.82) is 0 Å². The number of nitro groups is 1. The Hall–Kier alpha value is -2.39. The lowest BCUT2D eigenvalue weighted by Gasteiger charge is -2.37. The number of benzene rings is 1. The second-order valence-electron chi connectivity index (χ2n) is 5.99. The molecule has 8 nitrogen and oxygen atoms in total.